The van der Waals surface area contributed by atoms with Gasteiger partial charge in [-0.1, -0.05) is 26.8 Å². The van der Waals surface area contributed by atoms with Crippen LogP contribution >= 0.6 is 0 Å². The van der Waals surface area contributed by atoms with E-state index in [1.807, 2.05) is 39.8 Å². The number of hydrogen-bond acceptors (Lipinski definition) is 4. The van der Waals surface area contributed by atoms with E-state index in [4.69, 9.17) is 0 Å². The van der Waals surface area contributed by atoms with Gasteiger partial charge in [-0.05, 0) is 62.8 Å². The highest BCUT2D eigenvalue weighted by Gasteiger charge is 2.34. The second-order valence-corrected chi connectivity index (χ2v) is 11.5. The number of hydrogen-bond donors (Lipinski definition) is 2. The maximum atomic E-state index is 13.4. The molecule has 1 aliphatic heterocycles. The molecule has 31 heavy (non-hydrogen) atoms. The number of carbonyl (C=O) groups is 1. The van der Waals surface area contributed by atoms with Crippen LogP contribution in [-0.4, -0.2) is 41.9 Å². The number of nitrogens with one attached hydrogen (secondary N) is 2. The van der Waals surface area contributed by atoms with Crippen molar-refractivity contribution in [1.29, 1.82) is 0 Å². The molecule has 0 spiro atoms. The first-order valence-corrected chi connectivity index (χ1v) is 12.2. The molecule has 7 nitrogen and oxygen atoms in total. The van der Waals surface area contributed by atoms with Crippen molar-refractivity contribution < 1.29 is 13.2 Å². The molecule has 0 saturated carbocycles. The van der Waals surface area contributed by atoms with Gasteiger partial charge in [-0.15, -0.1) is 0 Å². The zero-order valence-corrected chi connectivity index (χ0v) is 20.4. The van der Waals surface area contributed by atoms with E-state index in [-0.39, 0.29) is 17.2 Å². The number of sulfonamides is 1. The Kier molecular flexibility index (Phi) is 6.35. The van der Waals surface area contributed by atoms with Crippen molar-refractivity contribution in [3.8, 4) is 0 Å². The minimum Gasteiger partial charge on any atom is -0.309 e. The highest BCUT2D eigenvalue weighted by molar-refractivity contribution is 7.89. The molecule has 170 valence electrons. The van der Waals surface area contributed by atoms with Gasteiger partial charge >= 0.3 is 0 Å². The van der Waals surface area contributed by atoms with Crippen molar-refractivity contribution in [2.24, 2.45) is 5.92 Å². The Balaban J connectivity index is 1.69. The summed E-state index contributed by atoms with van der Waals surface area (Å²) in [6, 6.07) is 3.88. The fourth-order valence-corrected chi connectivity index (χ4v) is 6.10. The number of carbonyl (C=O) groups excluding carboxylic acids is 1. The number of H-pyrrole nitrogens is 1. The van der Waals surface area contributed by atoms with Gasteiger partial charge in [-0.25, -0.2) is 8.42 Å². The lowest BCUT2D eigenvalue weighted by molar-refractivity contribution is -0.120. The maximum absolute atomic E-state index is 13.4. The molecule has 0 aliphatic carbocycles. The van der Waals surface area contributed by atoms with Gasteiger partial charge in [0.25, 0.3) is 0 Å². The molecule has 2 N–H and O–H groups in total. The summed E-state index contributed by atoms with van der Waals surface area (Å²) in [5, 5.41) is 10.0. The third kappa shape index (κ3) is 4.70. The molecule has 1 aromatic heterocycles. The molecule has 1 fully saturated rings. The lowest BCUT2D eigenvalue weighted by Gasteiger charge is -2.31. The Morgan fingerprint density at radius 1 is 1.06 bits per heavy atom. The molecule has 0 bridgehead atoms. The van der Waals surface area contributed by atoms with E-state index in [0.29, 0.717) is 36.6 Å². The zero-order chi connectivity index (χ0) is 23.1. The zero-order valence-electron chi connectivity index (χ0n) is 19.6. The summed E-state index contributed by atoms with van der Waals surface area (Å²) < 4.78 is 28.3. The van der Waals surface area contributed by atoms with E-state index >= 15 is 0 Å². The highest BCUT2D eigenvalue weighted by Crippen LogP contribution is 2.31. The Labute approximate surface area is 185 Å². The summed E-state index contributed by atoms with van der Waals surface area (Å²) in [6.07, 6.45) is 0.981. The van der Waals surface area contributed by atoms with Crippen LogP contribution in [-0.2, 0) is 20.2 Å². The van der Waals surface area contributed by atoms with Gasteiger partial charge in [-0.2, -0.15) is 9.40 Å². The van der Waals surface area contributed by atoms with Gasteiger partial charge in [-0.3, -0.25) is 9.89 Å². The van der Waals surface area contributed by atoms with Crippen LogP contribution in [0.4, 0.5) is 5.82 Å². The topological polar surface area (TPSA) is 95.2 Å². The van der Waals surface area contributed by atoms with Crippen molar-refractivity contribution in [3.05, 3.63) is 40.1 Å². The Morgan fingerprint density at radius 2 is 1.61 bits per heavy atom. The molecule has 8 heteroatoms. The predicted octanol–water partition coefficient (Wildman–Crippen LogP) is 3.98. The van der Waals surface area contributed by atoms with Crippen molar-refractivity contribution >= 4 is 21.7 Å². The summed E-state index contributed by atoms with van der Waals surface area (Å²) in [4.78, 5) is 13.1. The monoisotopic (exact) mass is 446 g/mol. The molecule has 2 heterocycles. The van der Waals surface area contributed by atoms with Crippen LogP contribution in [0.15, 0.2) is 17.0 Å². The number of amides is 1. The Hall–Kier alpha value is -2.19. The van der Waals surface area contributed by atoms with Crippen molar-refractivity contribution in [2.45, 2.75) is 71.6 Å². The van der Waals surface area contributed by atoms with Crippen LogP contribution < -0.4 is 5.32 Å². The lowest BCUT2D eigenvalue weighted by Crippen LogP contribution is -2.42. The van der Waals surface area contributed by atoms with Crippen LogP contribution in [0, 0.1) is 33.6 Å². The molecule has 1 aromatic carbocycles. The van der Waals surface area contributed by atoms with E-state index in [0.717, 1.165) is 27.9 Å². The number of rotatable bonds is 4. The van der Waals surface area contributed by atoms with Crippen LogP contribution in [0.2, 0.25) is 0 Å². The molecule has 0 unspecified atom stereocenters. The van der Waals surface area contributed by atoms with E-state index < -0.39 is 10.0 Å². The second kappa shape index (κ2) is 8.39. The van der Waals surface area contributed by atoms with E-state index in [1.54, 1.807) is 0 Å². The lowest BCUT2D eigenvalue weighted by atomic mass is 9.92. The fourth-order valence-electron chi connectivity index (χ4n) is 4.05. The minimum atomic E-state index is -3.61. The summed E-state index contributed by atoms with van der Waals surface area (Å²) in [6.45, 7) is 14.5. The fraction of sp³-hybridized carbons (Fsp3) is 0.565. The van der Waals surface area contributed by atoms with Gasteiger partial charge in [0.2, 0.25) is 15.9 Å². The second-order valence-electron chi connectivity index (χ2n) is 9.67. The summed E-state index contributed by atoms with van der Waals surface area (Å²) in [7, 11) is -3.61. The number of aromatic amines is 1. The average molecular weight is 447 g/mol. The molecule has 2 aromatic rings. The summed E-state index contributed by atoms with van der Waals surface area (Å²) >= 11 is 0. The number of aromatic nitrogens is 2. The molecule has 1 aliphatic rings. The van der Waals surface area contributed by atoms with E-state index in [2.05, 4.69) is 36.3 Å². The van der Waals surface area contributed by atoms with Crippen molar-refractivity contribution in [1.82, 2.24) is 14.5 Å². The number of aryl methyl sites for hydroxylation is 2. The summed E-state index contributed by atoms with van der Waals surface area (Å²) in [5.41, 5.74) is 4.42. The number of piperidine rings is 1. The summed E-state index contributed by atoms with van der Waals surface area (Å²) in [5.74, 6) is 0.164. The number of benzene rings is 1. The molecule has 3 rings (SSSR count). The molecular formula is C23H34N4O3S. The third-order valence-corrected chi connectivity index (χ3v) is 8.53. The average Bonchev–Trinajstić information content (AvgIpc) is 3.15. The first-order valence-electron chi connectivity index (χ1n) is 10.8. The van der Waals surface area contributed by atoms with Crippen LogP contribution in [0.3, 0.4) is 0 Å². The first-order chi connectivity index (χ1) is 14.3. The largest absolute Gasteiger partial charge is 0.309 e. The quantitative estimate of drug-likeness (QED) is 0.743. The van der Waals surface area contributed by atoms with Crippen LogP contribution in [0.5, 0.6) is 0 Å². The van der Waals surface area contributed by atoms with Gasteiger partial charge < -0.3 is 5.32 Å². The standard InChI is InChI=1S/C23H34N4O3S/c1-14-12-15(2)17(4)21(16(14)3)31(29,30)27-10-8-18(9-11-27)22(28)24-20-13-19(25-26-20)23(5,6)7/h12-13,18H,8-11H2,1-7H3,(H2,24,25,26,28). The SMILES string of the molecule is Cc1cc(C)c(C)c(S(=O)(=O)N2CCC(C(=O)Nc3cc(C(C)(C)C)[nH]n3)CC2)c1C. The smallest absolute Gasteiger partial charge is 0.243 e. The molecule has 1 saturated heterocycles. The van der Waals surface area contributed by atoms with Crippen LogP contribution in [0.25, 0.3) is 0 Å². The van der Waals surface area contributed by atoms with E-state index in [9.17, 15) is 13.2 Å². The third-order valence-electron chi connectivity index (χ3n) is 6.36. The van der Waals surface area contributed by atoms with Gasteiger partial charge in [0.1, 0.15) is 0 Å². The number of anilines is 1. The maximum Gasteiger partial charge on any atom is 0.243 e. The molecular weight excluding hydrogens is 412 g/mol. The van der Waals surface area contributed by atoms with Crippen molar-refractivity contribution in [2.75, 3.05) is 18.4 Å². The van der Waals surface area contributed by atoms with Gasteiger partial charge in [0.05, 0.1) is 4.90 Å². The van der Waals surface area contributed by atoms with E-state index in [1.165, 1.54) is 4.31 Å². The first kappa shape index (κ1) is 23.5. The number of nitrogens with zero attached hydrogens (tertiary/aromatic N) is 2. The predicted molar refractivity (Wildman–Crippen MR) is 123 cm³/mol. The Morgan fingerprint density at radius 3 is 2.10 bits per heavy atom. The van der Waals surface area contributed by atoms with Gasteiger partial charge in [0.15, 0.2) is 5.82 Å². The normalized spacial score (nSPS) is 16.5. The van der Waals surface area contributed by atoms with Crippen LogP contribution in [0.1, 0.15) is 61.6 Å². The van der Waals surface area contributed by atoms with Crippen molar-refractivity contribution in [3.63, 3.8) is 0 Å². The molecule has 1 amide bonds. The molecule has 0 radical (unpaired) electrons. The Bertz CT molecular complexity index is 1060. The molecule has 0 atom stereocenters. The van der Waals surface area contributed by atoms with Gasteiger partial charge in [0, 0.05) is 36.2 Å². The highest BCUT2D eigenvalue weighted by atomic mass is 32.2. The minimum absolute atomic E-state index is 0.0832.